The van der Waals surface area contributed by atoms with Crippen molar-refractivity contribution >= 4 is 17.2 Å². The first-order chi connectivity index (χ1) is 13.5. The van der Waals surface area contributed by atoms with Gasteiger partial charge in [-0.2, -0.15) is 4.98 Å². The Labute approximate surface area is 161 Å². The van der Waals surface area contributed by atoms with Gasteiger partial charge in [-0.05, 0) is 49.2 Å². The number of rotatable bonds is 5. The van der Waals surface area contributed by atoms with Gasteiger partial charge in [-0.25, -0.2) is 0 Å². The first-order valence-corrected chi connectivity index (χ1v) is 9.07. The molecule has 0 saturated heterocycles. The van der Waals surface area contributed by atoms with E-state index in [1.807, 2.05) is 51.1 Å². The van der Waals surface area contributed by atoms with E-state index in [-0.39, 0.29) is 12.3 Å². The van der Waals surface area contributed by atoms with Gasteiger partial charge < -0.3 is 9.84 Å². The molecule has 8 heteroatoms. The van der Waals surface area contributed by atoms with Crippen molar-refractivity contribution in [3.05, 3.63) is 59.3 Å². The average Bonchev–Trinajstić information content (AvgIpc) is 3.31. The molecule has 1 amide bonds. The number of benzene rings is 1. The Morgan fingerprint density at radius 1 is 1.14 bits per heavy atom. The van der Waals surface area contributed by atoms with Crippen molar-refractivity contribution < 1.29 is 9.32 Å². The van der Waals surface area contributed by atoms with Crippen molar-refractivity contribution in [2.24, 2.45) is 0 Å². The molecule has 4 aromatic rings. The molecule has 0 fully saturated rings. The van der Waals surface area contributed by atoms with Crippen LogP contribution in [0.2, 0.25) is 0 Å². The highest BCUT2D eigenvalue weighted by molar-refractivity contribution is 5.92. The molecule has 0 radical (unpaired) electrons. The molecule has 0 saturated carbocycles. The molecule has 0 atom stereocenters. The van der Waals surface area contributed by atoms with Gasteiger partial charge in [-0.15, -0.1) is 10.2 Å². The van der Waals surface area contributed by atoms with E-state index >= 15 is 0 Å². The van der Waals surface area contributed by atoms with Crippen LogP contribution in [0.3, 0.4) is 0 Å². The largest absolute Gasteiger partial charge is 0.334 e. The van der Waals surface area contributed by atoms with Crippen LogP contribution < -0.4 is 5.32 Å². The highest BCUT2D eigenvalue weighted by Crippen LogP contribution is 2.20. The molecule has 28 heavy (non-hydrogen) atoms. The summed E-state index contributed by atoms with van der Waals surface area (Å²) >= 11 is 0. The quantitative estimate of drug-likeness (QED) is 0.575. The van der Waals surface area contributed by atoms with Crippen molar-refractivity contribution in [2.45, 2.75) is 33.6 Å². The van der Waals surface area contributed by atoms with E-state index in [2.05, 4.69) is 25.7 Å². The van der Waals surface area contributed by atoms with Crippen molar-refractivity contribution in [3.63, 3.8) is 0 Å². The zero-order chi connectivity index (χ0) is 19.7. The molecule has 0 aliphatic carbocycles. The van der Waals surface area contributed by atoms with E-state index in [0.29, 0.717) is 29.6 Å². The Morgan fingerprint density at radius 3 is 2.75 bits per heavy atom. The summed E-state index contributed by atoms with van der Waals surface area (Å²) in [7, 11) is 0. The van der Waals surface area contributed by atoms with Crippen molar-refractivity contribution in [3.8, 4) is 11.5 Å². The standard InChI is InChI=1S/C20H20N6O2/c1-4-16-22-20(28-25-16)14-7-8-26-17(10-14)23-24-18(26)11-19(27)21-15-6-5-12(2)13(3)9-15/h5-10H,4,11H2,1-3H3,(H,21,27). The Morgan fingerprint density at radius 2 is 2.00 bits per heavy atom. The summed E-state index contributed by atoms with van der Waals surface area (Å²) in [5.41, 5.74) is 4.46. The van der Waals surface area contributed by atoms with E-state index in [1.54, 1.807) is 10.6 Å². The van der Waals surface area contributed by atoms with Gasteiger partial charge in [-0.1, -0.05) is 18.1 Å². The van der Waals surface area contributed by atoms with Crippen LogP contribution >= 0.6 is 0 Å². The summed E-state index contributed by atoms with van der Waals surface area (Å²) in [6.45, 7) is 6.02. The fourth-order valence-electron chi connectivity index (χ4n) is 2.88. The van der Waals surface area contributed by atoms with Gasteiger partial charge in [-0.3, -0.25) is 9.20 Å². The molecular weight excluding hydrogens is 356 g/mol. The van der Waals surface area contributed by atoms with Crippen LogP contribution in [0.1, 0.15) is 29.7 Å². The predicted octanol–water partition coefficient (Wildman–Crippen LogP) is 3.14. The van der Waals surface area contributed by atoms with Crippen LogP contribution in [-0.2, 0) is 17.6 Å². The van der Waals surface area contributed by atoms with Crippen molar-refractivity contribution in [1.29, 1.82) is 0 Å². The molecule has 0 aliphatic rings. The third-order valence-electron chi connectivity index (χ3n) is 4.62. The maximum atomic E-state index is 12.4. The Bertz CT molecular complexity index is 1160. The lowest BCUT2D eigenvalue weighted by Gasteiger charge is -2.07. The van der Waals surface area contributed by atoms with Crippen LogP contribution in [-0.4, -0.2) is 30.6 Å². The summed E-state index contributed by atoms with van der Waals surface area (Å²) in [6, 6.07) is 9.49. The molecule has 0 unspecified atom stereocenters. The molecule has 3 aromatic heterocycles. The number of hydrogen-bond donors (Lipinski definition) is 1. The minimum Gasteiger partial charge on any atom is -0.334 e. The Hall–Kier alpha value is -3.55. The summed E-state index contributed by atoms with van der Waals surface area (Å²) < 4.78 is 7.04. The van der Waals surface area contributed by atoms with Gasteiger partial charge in [0.05, 0.1) is 6.42 Å². The number of hydrogen-bond acceptors (Lipinski definition) is 6. The normalized spacial score (nSPS) is 11.1. The fraction of sp³-hybridized carbons (Fsp3) is 0.250. The Kier molecular flexibility index (Phi) is 4.60. The smallest absolute Gasteiger partial charge is 0.258 e. The molecule has 1 aromatic carbocycles. The lowest BCUT2D eigenvalue weighted by Crippen LogP contribution is -2.16. The number of aromatic nitrogens is 5. The first kappa shape index (κ1) is 17.8. The lowest BCUT2D eigenvalue weighted by atomic mass is 10.1. The van der Waals surface area contributed by atoms with Crippen LogP contribution in [0.25, 0.3) is 17.1 Å². The maximum absolute atomic E-state index is 12.4. The topological polar surface area (TPSA) is 98.2 Å². The number of aryl methyl sites for hydroxylation is 3. The van der Waals surface area contributed by atoms with Crippen LogP contribution in [0.4, 0.5) is 5.69 Å². The van der Waals surface area contributed by atoms with Gasteiger partial charge in [0, 0.05) is 23.9 Å². The van der Waals surface area contributed by atoms with Gasteiger partial charge in [0.1, 0.15) is 5.82 Å². The number of anilines is 1. The van der Waals surface area contributed by atoms with Crippen molar-refractivity contribution in [2.75, 3.05) is 5.32 Å². The number of carbonyl (C=O) groups is 1. The minimum atomic E-state index is -0.147. The molecule has 142 valence electrons. The highest BCUT2D eigenvalue weighted by Gasteiger charge is 2.14. The zero-order valence-corrected chi connectivity index (χ0v) is 15.9. The average molecular weight is 376 g/mol. The SMILES string of the molecule is CCc1noc(-c2ccn3c(CC(=O)Nc4ccc(C)c(C)c4)nnc3c2)n1. The van der Waals surface area contributed by atoms with Crippen LogP contribution in [0.5, 0.6) is 0 Å². The molecule has 0 spiro atoms. The maximum Gasteiger partial charge on any atom is 0.258 e. The van der Waals surface area contributed by atoms with Gasteiger partial charge >= 0.3 is 0 Å². The predicted molar refractivity (Wildman–Crippen MR) is 104 cm³/mol. The van der Waals surface area contributed by atoms with E-state index in [4.69, 9.17) is 4.52 Å². The van der Waals surface area contributed by atoms with Gasteiger partial charge in [0.25, 0.3) is 5.89 Å². The van der Waals surface area contributed by atoms with Crippen LogP contribution in [0, 0.1) is 13.8 Å². The number of fused-ring (bicyclic) bond motifs is 1. The van der Waals surface area contributed by atoms with Crippen LogP contribution in [0.15, 0.2) is 41.1 Å². The lowest BCUT2D eigenvalue weighted by molar-refractivity contribution is -0.115. The number of pyridine rings is 1. The molecule has 0 bridgehead atoms. The van der Waals surface area contributed by atoms with Crippen molar-refractivity contribution in [1.82, 2.24) is 24.7 Å². The van der Waals surface area contributed by atoms with E-state index < -0.39 is 0 Å². The van der Waals surface area contributed by atoms with Gasteiger partial charge in [0.15, 0.2) is 11.5 Å². The fourth-order valence-corrected chi connectivity index (χ4v) is 2.88. The van der Waals surface area contributed by atoms with Gasteiger partial charge in [0.2, 0.25) is 5.91 Å². The summed E-state index contributed by atoms with van der Waals surface area (Å²) in [4.78, 5) is 16.7. The summed E-state index contributed by atoms with van der Waals surface area (Å²) in [6.07, 6.45) is 2.63. The Balaban J connectivity index is 1.52. The molecule has 1 N–H and O–H groups in total. The third-order valence-corrected chi connectivity index (χ3v) is 4.62. The van der Waals surface area contributed by atoms with E-state index in [1.165, 1.54) is 5.56 Å². The monoisotopic (exact) mass is 376 g/mol. The second-order valence-corrected chi connectivity index (χ2v) is 6.65. The second-order valence-electron chi connectivity index (χ2n) is 6.65. The number of carbonyl (C=O) groups excluding carboxylic acids is 1. The molecule has 4 rings (SSSR count). The molecule has 3 heterocycles. The molecule has 0 aliphatic heterocycles. The van der Waals surface area contributed by atoms with E-state index in [0.717, 1.165) is 16.8 Å². The second kappa shape index (κ2) is 7.22. The van der Waals surface area contributed by atoms with E-state index in [9.17, 15) is 4.79 Å². The zero-order valence-electron chi connectivity index (χ0n) is 15.9. The molecular formula is C20H20N6O2. The number of nitrogens with one attached hydrogen (secondary N) is 1. The molecule has 8 nitrogen and oxygen atoms in total. The summed E-state index contributed by atoms with van der Waals surface area (Å²) in [5, 5.41) is 15.1. The third kappa shape index (κ3) is 3.48. The summed E-state index contributed by atoms with van der Waals surface area (Å²) in [5.74, 6) is 1.50. The number of nitrogens with zero attached hydrogens (tertiary/aromatic N) is 5. The first-order valence-electron chi connectivity index (χ1n) is 9.07. The highest BCUT2D eigenvalue weighted by atomic mass is 16.5. The minimum absolute atomic E-state index is 0.119. The number of amides is 1.